The van der Waals surface area contributed by atoms with E-state index in [1.54, 1.807) is 18.2 Å². The van der Waals surface area contributed by atoms with Gasteiger partial charge in [-0.1, -0.05) is 11.6 Å². The lowest BCUT2D eigenvalue weighted by molar-refractivity contribution is -0.137. The second kappa shape index (κ2) is 7.28. The Morgan fingerprint density at radius 2 is 1.96 bits per heavy atom. The van der Waals surface area contributed by atoms with E-state index in [0.717, 1.165) is 6.07 Å². The monoisotopic (exact) mass is 387 g/mol. The molecule has 0 saturated carbocycles. The first-order valence-electron chi connectivity index (χ1n) is 7.49. The van der Waals surface area contributed by atoms with E-state index in [2.05, 4.69) is 15.6 Å². The highest BCUT2D eigenvalue weighted by Crippen LogP contribution is 2.33. The van der Waals surface area contributed by atoms with Crippen LogP contribution in [0.3, 0.4) is 0 Å². The Balaban J connectivity index is 1.50. The van der Waals surface area contributed by atoms with E-state index in [-0.39, 0.29) is 36.6 Å². The molecule has 1 amide bonds. The molecule has 1 aromatic carbocycles. The summed E-state index contributed by atoms with van der Waals surface area (Å²) in [7, 11) is 0. The Bertz CT molecular complexity index is 830. The van der Waals surface area contributed by atoms with Crippen LogP contribution in [0.5, 0.6) is 11.5 Å². The van der Waals surface area contributed by atoms with Gasteiger partial charge >= 0.3 is 6.18 Å². The van der Waals surface area contributed by atoms with Gasteiger partial charge in [0.05, 0.1) is 10.6 Å². The van der Waals surface area contributed by atoms with Crippen molar-refractivity contribution in [2.75, 3.05) is 25.2 Å². The fourth-order valence-electron chi connectivity index (χ4n) is 2.22. The maximum Gasteiger partial charge on any atom is 0.417 e. The van der Waals surface area contributed by atoms with Crippen molar-refractivity contribution in [1.29, 1.82) is 0 Å². The van der Waals surface area contributed by atoms with Gasteiger partial charge in [-0.25, -0.2) is 4.98 Å². The van der Waals surface area contributed by atoms with E-state index in [1.165, 1.54) is 0 Å². The summed E-state index contributed by atoms with van der Waals surface area (Å²) in [6.45, 7) is 0.561. The highest BCUT2D eigenvalue weighted by atomic mass is 35.5. The predicted molar refractivity (Wildman–Crippen MR) is 87.6 cm³/mol. The van der Waals surface area contributed by atoms with Crippen LogP contribution in [0.15, 0.2) is 30.5 Å². The third-order valence-electron chi connectivity index (χ3n) is 3.51. The number of carbonyl (C=O) groups is 1. The van der Waals surface area contributed by atoms with Crippen molar-refractivity contribution in [3.63, 3.8) is 0 Å². The van der Waals surface area contributed by atoms with Gasteiger partial charge in [-0.05, 0) is 24.3 Å². The number of ether oxygens (including phenoxy) is 2. The van der Waals surface area contributed by atoms with Crippen molar-refractivity contribution in [3.8, 4) is 11.5 Å². The van der Waals surface area contributed by atoms with E-state index >= 15 is 0 Å². The second-order valence-electron chi connectivity index (χ2n) is 5.30. The van der Waals surface area contributed by atoms with Crippen molar-refractivity contribution in [1.82, 2.24) is 10.3 Å². The molecular formula is C16H13ClF3N3O3. The standard InChI is InChI=1S/C16H13ClF3N3O3/c17-11-6-10(16(18,19)20)7-23-14(11)21-3-4-22-15(24)9-1-2-12-13(5-9)26-8-25-12/h1-2,5-7H,3-4,8H2,(H,21,23)(H,22,24). The average molecular weight is 388 g/mol. The van der Waals surface area contributed by atoms with E-state index < -0.39 is 11.7 Å². The summed E-state index contributed by atoms with van der Waals surface area (Å²) < 4.78 is 48.0. The van der Waals surface area contributed by atoms with Gasteiger partial charge in [-0.15, -0.1) is 0 Å². The highest BCUT2D eigenvalue weighted by molar-refractivity contribution is 6.32. The van der Waals surface area contributed by atoms with Gasteiger partial charge in [0, 0.05) is 24.8 Å². The van der Waals surface area contributed by atoms with Crippen LogP contribution in [0.1, 0.15) is 15.9 Å². The molecule has 2 N–H and O–H groups in total. The lowest BCUT2D eigenvalue weighted by atomic mass is 10.2. The SMILES string of the molecule is O=C(NCCNc1ncc(C(F)(F)F)cc1Cl)c1ccc2c(c1)OCO2. The summed E-state index contributed by atoms with van der Waals surface area (Å²) in [5, 5.41) is 5.29. The van der Waals surface area contributed by atoms with Gasteiger partial charge in [-0.2, -0.15) is 13.2 Å². The molecule has 2 aromatic rings. The van der Waals surface area contributed by atoms with Gasteiger partial charge in [-0.3, -0.25) is 4.79 Å². The van der Waals surface area contributed by atoms with Gasteiger partial charge in [0.15, 0.2) is 11.5 Å². The molecule has 10 heteroatoms. The van der Waals surface area contributed by atoms with E-state index in [1.807, 2.05) is 0 Å². The van der Waals surface area contributed by atoms with Gasteiger partial charge in [0.1, 0.15) is 5.82 Å². The van der Waals surface area contributed by atoms with Gasteiger partial charge < -0.3 is 20.1 Å². The van der Waals surface area contributed by atoms with Gasteiger partial charge in [0.25, 0.3) is 5.91 Å². The third kappa shape index (κ3) is 4.10. The number of nitrogens with zero attached hydrogens (tertiary/aromatic N) is 1. The van der Waals surface area contributed by atoms with E-state index in [0.29, 0.717) is 23.3 Å². The molecule has 6 nitrogen and oxygen atoms in total. The number of aromatic nitrogens is 1. The smallest absolute Gasteiger partial charge is 0.417 e. The fraction of sp³-hybridized carbons (Fsp3) is 0.250. The lowest BCUT2D eigenvalue weighted by Crippen LogP contribution is -2.28. The Morgan fingerprint density at radius 3 is 2.69 bits per heavy atom. The van der Waals surface area contributed by atoms with Crippen LogP contribution in [0, 0.1) is 0 Å². The largest absolute Gasteiger partial charge is 0.454 e. The molecule has 3 rings (SSSR count). The number of fused-ring (bicyclic) bond motifs is 1. The number of halogens is 4. The predicted octanol–water partition coefficient (Wildman–Crippen LogP) is 3.32. The third-order valence-corrected chi connectivity index (χ3v) is 3.79. The Kier molecular flexibility index (Phi) is 5.08. The van der Waals surface area contributed by atoms with Crippen LogP contribution in [0.25, 0.3) is 0 Å². The zero-order valence-corrected chi connectivity index (χ0v) is 13.9. The summed E-state index contributed by atoms with van der Waals surface area (Å²) in [6, 6.07) is 5.60. The molecule has 0 bridgehead atoms. The van der Waals surface area contributed by atoms with Crippen LogP contribution in [-0.2, 0) is 6.18 Å². The Hall–Kier alpha value is -2.68. The summed E-state index contributed by atoms with van der Waals surface area (Å²) in [4.78, 5) is 15.7. The number of anilines is 1. The number of rotatable bonds is 5. The molecule has 0 fully saturated rings. The molecule has 0 aliphatic carbocycles. The van der Waals surface area contributed by atoms with E-state index in [9.17, 15) is 18.0 Å². The highest BCUT2D eigenvalue weighted by Gasteiger charge is 2.31. The molecule has 0 atom stereocenters. The first kappa shape index (κ1) is 18.1. The van der Waals surface area contributed by atoms with Crippen LogP contribution in [0.2, 0.25) is 5.02 Å². The molecule has 0 radical (unpaired) electrons. The number of benzene rings is 1. The maximum absolute atomic E-state index is 12.6. The minimum absolute atomic E-state index is 0.108. The van der Waals surface area contributed by atoms with Crippen LogP contribution in [-0.4, -0.2) is 30.8 Å². The zero-order chi connectivity index (χ0) is 18.7. The molecule has 1 aliphatic rings. The van der Waals surface area contributed by atoms with Crippen LogP contribution >= 0.6 is 11.6 Å². The number of hydrogen-bond donors (Lipinski definition) is 2. The van der Waals surface area contributed by atoms with E-state index in [4.69, 9.17) is 21.1 Å². The van der Waals surface area contributed by atoms with Gasteiger partial charge in [0.2, 0.25) is 6.79 Å². The average Bonchev–Trinajstić information content (AvgIpc) is 3.06. The number of alkyl halides is 3. The molecule has 0 saturated heterocycles. The molecule has 0 spiro atoms. The molecule has 0 unspecified atom stereocenters. The molecule has 26 heavy (non-hydrogen) atoms. The van der Waals surface area contributed by atoms with Crippen molar-refractivity contribution in [2.45, 2.75) is 6.18 Å². The Morgan fingerprint density at radius 1 is 1.19 bits per heavy atom. The summed E-state index contributed by atoms with van der Waals surface area (Å²) in [5.41, 5.74) is -0.524. The van der Waals surface area contributed by atoms with Crippen molar-refractivity contribution in [2.24, 2.45) is 0 Å². The first-order chi connectivity index (χ1) is 12.3. The topological polar surface area (TPSA) is 72.5 Å². The molecular weight excluding hydrogens is 375 g/mol. The fourth-order valence-corrected chi connectivity index (χ4v) is 2.45. The molecule has 138 valence electrons. The second-order valence-corrected chi connectivity index (χ2v) is 5.71. The normalized spacial score (nSPS) is 12.8. The summed E-state index contributed by atoms with van der Waals surface area (Å²) in [5.74, 6) is 0.858. The number of nitrogens with one attached hydrogen (secondary N) is 2. The van der Waals surface area contributed by atoms with Crippen molar-refractivity contribution in [3.05, 3.63) is 46.6 Å². The Labute approximate surface area is 151 Å². The number of amides is 1. The minimum Gasteiger partial charge on any atom is -0.454 e. The van der Waals surface area contributed by atoms with Crippen molar-refractivity contribution >= 4 is 23.3 Å². The molecule has 1 aliphatic heterocycles. The number of hydrogen-bond acceptors (Lipinski definition) is 5. The quantitative estimate of drug-likeness (QED) is 0.770. The van der Waals surface area contributed by atoms with Crippen molar-refractivity contribution < 1.29 is 27.4 Å². The first-order valence-corrected chi connectivity index (χ1v) is 7.87. The summed E-state index contributed by atoms with van der Waals surface area (Å²) in [6.07, 6.45) is -3.81. The minimum atomic E-state index is -4.51. The number of carbonyl (C=O) groups excluding carboxylic acids is 1. The molecule has 2 heterocycles. The zero-order valence-electron chi connectivity index (χ0n) is 13.2. The lowest BCUT2D eigenvalue weighted by Gasteiger charge is -2.11. The maximum atomic E-state index is 12.6. The summed E-state index contributed by atoms with van der Waals surface area (Å²) >= 11 is 5.79. The van der Waals surface area contributed by atoms with Crippen LogP contribution in [0.4, 0.5) is 19.0 Å². The molecule has 1 aromatic heterocycles. The number of pyridine rings is 1. The van der Waals surface area contributed by atoms with Crippen LogP contribution < -0.4 is 20.1 Å².